The number of alkyl halides is 6. The van der Waals surface area contributed by atoms with Gasteiger partial charge in [-0.1, -0.05) is 0 Å². The Kier molecular flexibility index (Phi) is 4.07. The van der Waals surface area contributed by atoms with Crippen LogP contribution in [0, 0.1) is 0 Å². The molecule has 0 radical (unpaired) electrons. The Hall–Kier alpha value is -1.84. The first-order chi connectivity index (χ1) is 10.0. The van der Waals surface area contributed by atoms with Crippen molar-refractivity contribution in [3.8, 4) is 0 Å². The van der Waals surface area contributed by atoms with Crippen molar-refractivity contribution in [1.29, 1.82) is 0 Å². The Morgan fingerprint density at radius 2 is 1.82 bits per heavy atom. The number of esters is 1. The lowest BCUT2D eigenvalue weighted by Crippen LogP contribution is -2.12. The molecule has 0 aliphatic rings. The fourth-order valence-corrected chi connectivity index (χ4v) is 2.65. The molecule has 22 heavy (non-hydrogen) atoms. The van der Waals surface area contributed by atoms with Gasteiger partial charge < -0.3 is 4.74 Å². The van der Waals surface area contributed by atoms with E-state index in [1.54, 1.807) is 0 Å². The maximum absolute atomic E-state index is 12.9. The number of carbonyl (C=O) groups is 1. The molecule has 0 bridgehead atoms. The van der Waals surface area contributed by atoms with E-state index in [9.17, 15) is 31.1 Å². The minimum absolute atomic E-state index is 0.0135. The average molecular weight is 343 g/mol. The van der Waals surface area contributed by atoms with Gasteiger partial charge in [0.1, 0.15) is 15.4 Å². The number of halogens is 6. The Morgan fingerprint density at radius 3 is 2.32 bits per heavy atom. The predicted molar refractivity (Wildman–Crippen MR) is 65.6 cm³/mol. The van der Waals surface area contributed by atoms with Gasteiger partial charge in [0.25, 0.3) is 0 Å². The molecule has 0 unspecified atom stereocenters. The largest absolute Gasteiger partial charge is 0.462 e. The number of pyridine rings is 1. The van der Waals surface area contributed by atoms with Crippen molar-refractivity contribution < 1.29 is 35.9 Å². The molecule has 2 aromatic rings. The minimum atomic E-state index is -5.03. The van der Waals surface area contributed by atoms with Crippen LogP contribution in [0.3, 0.4) is 0 Å². The molecule has 10 heteroatoms. The fraction of sp³-hybridized carbons (Fsp3) is 0.333. The maximum atomic E-state index is 12.9. The summed E-state index contributed by atoms with van der Waals surface area (Å²) in [6.07, 6.45) is -10.0. The van der Waals surface area contributed by atoms with E-state index >= 15 is 0 Å². The highest BCUT2D eigenvalue weighted by molar-refractivity contribution is 7.20. The molecule has 0 aliphatic carbocycles. The van der Waals surface area contributed by atoms with Crippen molar-refractivity contribution in [2.45, 2.75) is 19.3 Å². The zero-order chi connectivity index (χ0) is 16.7. The van der Waals surface area contributed by atoms with Gasteiger partial charge in [0.05, 0.1) is 12.2 Å². The van der Waals surface area contributed by atoms with Crippen molar-refractivity contribution >= 4 is 27.5 Å². The molecule has 2 heterocycles. The lowest BCUT2D eigenvalue weighted by Gasteiger charge is -2.11. The van der Waals surface area contributed by atoms with Gasteiger partial charge in [-0.25, -0.2) is 9.78 Å². The molecule has 3 nitrogen and oxygen atoms in total. The van der Waals surface area contributed by atoms with E-state index in [4.69, 9.17) is 0 Å². The summed E-state index contributed by atoms with van der Waals surface area (Å²) in [5, 5.41) is -0.562. The number of ether oxygens (including phenoxy) is 1. The van der Waals surface area contributed by atoms with Crippen LogP contribution in [0.1, 0.15) is 27.9 Å². The molecular formula is C12H7F6NO2S. The number of nitrogens with zero attached hydrogens (tertiary/aromatic N) is 1. The van der Waals surface area contributed by atoms with Crippen LogP contribution in [0.15, 0.2) is 12.1 Å². The summed E-state index contributed by atoms with van der Waals surface area (Å²) in [7, 11) is 0. The number of carbonyl (C=O) groups excluding carboxylic acids is 1. The van der Waals surface area contributed by atoms with E-state index < -0.39 is 39.8 Å². The minimum Gasteiger partial charge on any atom is -0.462 e. The van der Waals surface area contributed by atoms with Crippen molar-refractivity contribution in [2.75, 3.05) is 6.61 Å². The molecule has 0 aromatic carbocycles. The van der Waals surface area contributed by atoms with Gasteiger partial charge in [0, 0.05) is 5.39 Å². The number of hydrogen-bond acceptors (Lipinski definition) is 4. The highest BCUT2D eigenvalue weighted by Gasteiger charge is 2.40. The second kappa shape index (κ2) is 5.41. The number of fused-ring (bicyclic) bond motifs is 1. The standard InChI is InChI=1S/C12H7F6NO2S/c1-2-21-10(20)7-3-5-6(11(13,14)15)4-8(12(16,17)18)19-9(5)22-7/h3-4H,2H2,1H3. The van der Waals surface area contributed by atoms with Crippen LogP contribution in [0.4, 0.5) is 26.3 Å². The van der Waals surface area contributed by atoms with Gasteiger partial charge in [0.15, 0.2) is 0 Å². The number of aromatic nitrogens is 1. The number of thiophene rings is 1. The third-order valence-corrected chi connectivity index (χ3v) is 3.59. The Morgan fingerprint density at radius 1 is 1.18 bits per heavy atom. The number of rotatable bonds is 2. The summed E-state index contributed by atoms with van der Waals surface area (Å²) in [4.78, 5) is 13.9. The quantitative estimate of drug-likeness (QED) is 0.595. The van der Waals surface area contributed by atoms with Crippen molar-refractivity contribution in [3.05, 3.63) is 28.3 Å². The van der Waals surface area contributed by atoms with Crippen LogP contribution in [0.2, 0.25) is 0 Å². The molecule has 2 rings (SSSR count). The summed E-state index contributed by atoms with van der Waals surface area (Å²) in [6, 6.07) is 0.776. The zero-order valence-corrected chi connectivity index (χ0v) is 11.6. The smallest absolute Gasteiger partial charge is 0.433 e. The van der Waals surface area contributed by atoms with Gasteiger partial charge in [-0.3, -0.25) is 0 Å². The average Bonchev–Trinajstić information content (AvgIpc) is 2.79. The van der Waals surface area contributed by atoms with Gasteiger partial charge in [-0.05, 0) is 19.1 Å². The van der Waals surface area contributed by atoms with Crippen molar-refractivity contribution in [3.63, 3.8) is 0 Å². The summed E-state index contributed by atoms with van der Waals surface area (Å²) >= 11 is 0.420. The molecule has 0 spiro atoms. The molecule has 0 aliphatic heterocycles. The molecule has 0 saturated heterocycles. The molecule has 2 aromatic heterocycles. The highest BCUT2D eigenvalue weighted by Crippen LogP contribution is 2.40. The van der Waals surface area contributed by atoms with Crippen LogP contribution in [0.25, 0.3) is 10.2 Å². The molecule has 0 atom stereocenters. The molecule has 0 fully saturated rings. The van der Waals surface area contributed by atoms with Crippen molar-refractivity contribution in [1.82, 2.24) is 4.98 Å². The van der Waals surface area contributed by atoms with E-state index in [-0.39, 0.29) is 17.6 Å². The van der Waals surface area contributed by atoms with Gasteiger partial charge in [-0.2, -0.15) is 26.3 Å². The Labute approximate surface area is 123 Å². The maximum Gasteiger partial charge on any atom is 0.433 e. The van der Waals surface area contributed by atoms with E-state index in [0.29, 0.717) is 11.3 Å². The molecule has 0 N–H and O–H groups in total. The summed E-state index contributed by atoms with van der Waals surface area (Å²) in [5.41, 5.74) is -3.15. The normalized spacial score (nSPS) is 12.7. The lowest BCUT2D eigenvalue weighted by molar-refractivity contribution is -0.144. The fourth-order valence-electron chi connectivity index (χ4n) is 1.70. The SMILES string of the molecule is CCOC(=O)c1cc2c(C(F)(F)F)cc(C(F)(F)F)nc2s1. The van der Waals surface area contributed by atoms with Crippen LogP contribution >= 0.6 is 11.3 Å². The first kappa shape index (κ1) is 16.5. The van der Waals surface area contributed by atoms with Crippen LogP contribution in [-0.2, 0) is 17.1 Å². The van der Waals surface area contributed by atoms with Crippen molar-refractivity contribution in [2.24, 2.45) is 0 Å². The van der Waals surface area contributed by atoms with Gasteiger partial charge >= 0.3 is 18.3 Å². The van der Waals surface area contributed by atoms with Gasteiger partial charge in [0.2, 0.25) is 0 Å². The summed E-state index contributed by atoms with van der Waals surface area (Å²) in [5.74, 6) is -0.910. The first-order valence-corrected chi connectivity index (χ1v) is 6.61. The van der Waals surface area contributed by atoms with E-state index in [1.807, 2.05) is 0 Å². The Balaban J connectivity index is 2.70. The Bertz CT molecular complexity index is 719. The predicted octanol–water partition coefficient (Wildman–Crippen LogP) is 4.51. The highest BCUT2D eigenvalue weighted by atomic mass is 32.1. The summed E-state index contributed by atoms with van der Waals surface area (Å²) in [6.45, 7) is 1.48. The van der Waals surface area contributed by atoms with Crippen LogP contribution in [-0.4, -0.2) is 17.6 Å². The van der Waals surface area contributed by atoms with E-state index in [1.165, 1.54) is 6.92 Å². The third-order valence-electron chi connectivity index (χ3n) is 2.58. The monoisotopic (exact) mass is 343 g/mol. The van der Waals surface area contributed by atoms with Gasteiger partial charge in [-0.15, -0.1) is 11.3 Å². The molecular weight excluding hydrogens is 336 g/mol. The molecule has 0 amide bonds. The zero-order valence-electron chi connectivity index (χ0n) is 10.8. The third kappa shape index (κ3) is 3.16. The molecule has 0 saturated carbocycles. The second-order valence-electron chi connectivity index (χ2n) is 4.10. The van der Waals surface area contributed by atoms with E-state index in [0.717, 1.165) is 6.07 Å². The molecule has 120 valence electrons. The first-order valence-electron chi connectivity index (χ1n) is 5.80. The topological polar surface area (TPSA) is 39.2 Å². The lowest BCUT2D eigenvalue weighted by atomic mass is 10.1. The summed E-state index contributed by atoms with van der Waals surface area (Å²) < 4.78 is 81.4. The van der Waals surface area contributed by atoms with E-state index in [2.05, 4.69) is 9.72 Å². The van der Waals surface area contributed by atoms with Crippen LogP contribution < -0.4 is 0 Å². The second-order valence-corrected chi connectivity index (χ2v) is 5.13. The van der Waals surface area contributed by atoms with Crippen LogP contribution in [0.5, 0.6) is 0 Å². The number of hydrogen-bond donors (Lipinski definition) is 0.